The lowest BCUT2D eigenvalue weighted by atomic mass is 10.3. The van der Waals surface area contributed by atoms with Crippen molar-refractivity contribution in [3.8, 4) is 0 Å². The van der Waals surface area contributed by atoms with Crippen molar-refractivity contribution in [3.63, 3.8) is 0 Å². The van der Waals surface area contributed by atoms with Crippen molar-refractivity contribution >= 4 is 11.7 Å². The van der Waals surface area contributed by atoms with Crippen LogP contribution in [0.1, 0.15) is 12.7 Å². The number of aromatic nitrogens is 3. The predicted octanol–water partition coefficient (Wildman–Crippen LogP) is -0.454. The van der Waals surface area contributed by atoms with Gasteiger partial charge in [0.2, 0.25) is 5.71 Å². The highest BCUT2D eigenvalue weighted by molar-refractivity contribution is 6.41. The molecule has 0 amide bonds. The first-order valence-corrected chi connectivity index (χ1v) is 3.54. The zero-order chi connectivity index (χ0) is 9.68. The lowest BCUT2D eigenvalue weighted by molar-refractivity contribution is -0.135. The SMILES string of the molecule is CCOC(=O)/C(=N/O)c1ncn[nH]1. The maximum Gasteiger partial charge on any atom is 0.364 e. The second-order valence-electron chi connectivity index (χ2n) is 2.00. The number of ether oxygens (including phenoxy) is 1. The van der Waals surface area contributed by atoms with Gasteiger partial charge in [0.05, 0.1) is 6.61 Å². The topological polar surface area (TPSA) is 100 Å². The van der Waals surface area contributed by atoms with Gasteiger partial charge in [0.1, 0.15) is 6.33 Å². The first-order chi connectivity index (χ1) is 6.29. The summed E-state index contributed by atoms with van der Waals surface area (Å²) in [6.07, 6.45) is 1.19. The molecule has 0 saturated carbocycles. The highest BCUT2D eigenvalue weighted by Crippen LogP contribution is 1.93. The molecule has 0 aromatic carbocycles. The van der Waals surface area contributed by atoms with Gasteiger partial charge in [-0.1, -0.05) is 5.16 Å². The molecule has 1 aromatic heterocycles. The minimum atomic E-state index is -0.748. The van der Waals surface area contributed by atoms with Gasteiger partial charge in [-0.3, -0.25) is 5.10 Å². The quantitative estimate of drug-likeness (QED) is 0.286. The fourth-order valence-corrected chi connectivity index (χ4v) is 0.704. The van der Waals surface area contributed by atoms with E-state index in [1.807, 2.05) is 0 Å². The Bertz CT molecular complexity index is 306. The van der Waals surface area contributed by atoms with Crippen LogP contribution in [0.25, 0.3) is 0 Å². The van der Waals surface area contributed by atoms with Crippen molar-refractivity contribution in [2.45, 2.75) is 6.92 Å². The smallest absolute Gasteiger partial charge is 0.364 e. The van der Waals surface area contributed by atoms with Crippen LogP contribution >= 0.6 is 0 Å². The molecule has 1 heterocycles. The Kier molecular flexibility index (Phi) is 2.96. The number of carbonyl (C=O) groups excluding carboxylic acids is 1. The fraction of sp³-hybridized carbons (Fsp3) is 0.333. The van der Waals surface area contributed by atoms with E-state index in [1.165, 1.54) is 6.33 Å². The number of nitrogens with one attached hydrogen (secondary N) is 1. The molecule has 0 aliphatic carbocycles. The summed E-state index contributed by atoms with van der Waals surface area (Å²) < 4.78 is 4.60. The van der Waals surface area contributed by atoms with E-state index >= 15 is 0 Å². The molecule has 0 unspecified atom stereocenters. The Morgan fingerprint density at radius 3 is 3.08 bits per heavy atom. The second-order valence-corrected chi connectivity index (χ2v) is 2.00. The summed E-state index contributed by atoms with van der Waals surface area (Å²) >= 11 is 0. The third-order valence-corrected chi connectivity index (χ3v) is 1.21. The molecule has 1 rings (SSSR count). The van der Waals surface area contributed by atoms with Crippen LogP contribution in [0.5, 0.6) is 0 Å². The molecule has 0 saturated heterocycles. The molecule has 1 aromatic rings. The van der Waals surface area contributed by atoms with Gasteiger partial charge in [-0.25, -0.2) is 9.78 Å². The predicted molar refractivity (Wildman–Crippen MR) is 41.3 cm³/mol. The molecule has 2 N–H and O–H groups in total. The van der Waals surface area contributed by atoms with Gasteiger partial charge < -0.3 is 9.94 Å². The van der Waals surface area contributed by atoms with Crippen LogP contribution in [0, 0.1) is 0 Å². The van der Waals surface area contributed by atoms with Crippen LogP contribution in [0.3, 0.4) is 0 Å². The van der Waals surface area contributed by atoms with E-state index in [9.17, 15) is 4.79 Å². The Hall–Kier alpha value is -1.92. The zero-order valence-electron chi connectivity index (χ0n) is 6.89. The molecule has 7 heteroatoms. The first kappa shape index (κ1) is 9.17. The van der Waals surface area contributed by atoms with Crippen LogP contribution < -0.4 is 0 Å². The molecular formula is C6H8N4O3. The number of aromatic amines is 1. The van der Waals surface area contributed by atoms with Crippen molar-refractivity contribution in [1.82, 2.24) is 15.2 Å². The number of oxime groups is 1. The van der Waals surface area contributed by atoms with Crippen LogP contribution in [-0.2, 0) is 9.53 Å². The van der Waals surface area contributed by atoms with E-state index in [2.05, 4.69) is 25.1 Å². The average molecular weight is 184 g/mol. The normalized spacial score (nSPS) is 11.3. The Labute approximate surface area is 73.4 Å². The second kappa shape index (κ2) is 4.19. The summed E-state index contributed by atoms with van der Waals surface area (Å²) in [6.45, 7) is 1.85. The summed E-state index contributed by atoms with van der Waals surface area (Å²) in [5, 5.41) is 17.1. The molecule has 13 heavy (non-hydrogen) atoms. The van der Waals surface area contributed by atoms with Crippen LogP contribution in [0.15, 0.2) is 11.5 Å². The highest BCUT2D eigenvalue weighted by atomic mass is 16.5. The van der Waals surface area contributed by atoms with E-state index in [4.69, 9.17) is 5.21 Å². The molecule has 0 radical (unpaired) electrons. The third kappa shape index (κ3) is 2.01. The molecule has 0 bridgehead atoms. The lowest BCUT2D eigenvalue weighted by Crippen LogP contribution is -2.20. The van der Waals surface area contributed by atoms with Gasteiger partial charge in [-0.2, -0.15) is 5.10 Å². The lowest BCUT2D eigenvalue weighted by Gasteiger charge is -1.99. The molecule has 0 atom stereocenters. The van der Waals surface area contributed by atoms with Crippen molar-refractivity contribution in [2.24, 2.45) is 5.16 Å². The summed E-state index contributed by atoms with van der Waals surface area (Å²) in [4.78, 5) is 14.7. The number of hydrogen-bond acceptors (Lipinski definition) is 6. The van der Waals surface area contributed by atoms with E-state index in [0.717, 1.165) is 0 Å². The molecule has 0 aliphatic rings. The van der Waals surface area contributed by atoms with Crippen molar-refractivity contribution in [2.75, 3.05) is 6.61 Å². The number of nitrogens with zero attached hydrogens (tertiary/aromatic N) is 3. The van der Waals surface area contributed by atoms with E-state index in [-0.39, 0.29) is 18.1 Å². The Balaban J connectivity index is 2.82. The monoisotopic (exact) mass is 184 g/mol. The van der Waals surface area contributed by atoms with Crippen LogP contribution in [0.4, 0.5) is 0 Å². The third-order valence-electron chi connectivity index (χ3n) is 1.21. The number of esters is 1. The molecule has 0 aliphatic heterocycles. The largest absolute Gasteiger partial charge is 0.461 e. The van der Waals surface area contributed by atoms with Crippen molar-refractivity contribution in [3.05, 3.63) is 12.2 Å². The summed E-state index contributed by atoms with van der Waals surface area (Å²) in [5.74, 6) is -0.678. The first-order valence-electron chi connectivity index (χ1n) is 3.54. The summed E-state index contributed by atoms with van der Waals surface area (Å²) in [6, 6.07) is 0. The Morgan fingerprint density at radius 2 is 2.62 bits per heavy atom. The molecule has 7 nitrogen and oxygen atoms in total. The van der Waals surface area contributed by atoms with Gasteiger partial charge in [-0.05, 0) is 6.92 Å². The van der Waals surface area contributed by atoms with Gasteiger partial charge in [0.15, 0.2) is 5.82 Å². The fourth-order valence-electron chi connectivity index (χ4n) is 0.704. The molecular weight excluding hydrogens is 176 g/mol. The van der Waals surface area contributed by atoms with Crippen molar-refractivity contribution < 1.29 is 14.7 Å². The van der Waals surface area contributed by atoms with Crippen LogP contribution in [0.2, 0.25) is 0 Å². The molecule has 0 spiro atoms. The minimum absolute atomic E-state index is 0.0703. The van der Waals surface area contributed by atoms with Gasteiger partial charge in [-0.15, -0.1) is 0 Å². The Morgan fingerprint density at radius 1 is 1.85 bits per heavy atom. The molecule has 70 valence electrons. The number of rotatable bonds is 3. The molecule has 0 fully saturated rings. The average Bonchev–Trinajstić information content (AvgIpc) is 2.59. The van der Waals surface area contributed by atoms with E-state index < -0.39 is 5.97 Å². The highest BCUT2D eigenvalue weighted by Gasteiger charge is 2.18. The maximum atomic E-state index is 11.1. The summed E-state index contributed by atoms with van der Waals surface area (Å²) in [5.41, 5.74) is -0.292. The minimum Gasteiger partial charge on any atom is -0.461 e. The number of H-pyrrole nitrogens is 1. The van der Waals surface area contributed by atoms with E-state index in [1.54, 1.807) is 6.92 Å². The van der Waals surface area contributed by atoms with Crippen LogP contribution in [-0.4, -0.2) is 38.7 Å². The maximum absolute atomic E-state index is 11.1. The standard InChI is InChI=1S/C6H8N4O3/c1-2-13-6(11)4(10-12)5-7-3-8-9-5/h3,12H,2H2,1H3,(H,7,8,9)/b10-4+. The number of hydrogen-bond donors (Lipinski definition) is 2. The van der Waals surface area contributed by atoms with Gasteiger partial charge in [0.25, 0.3) is 0 Å². The van der Waals surface area contributed by atoms with E-state index in [0.29, 0.717) is 0 Å². The number of carbonyl (C=O) groups is 1. The van der Waals surface area contributed by atoms with Gasteiger partial charge >= 0.3 is 5.97 Å². The zero-order valence-corrected chi connectivity index (χ0v) is 6.89. The summed E-state index contributed by atoms with van der Waals surface area (Å²) in [7, 11) is 0. The van der Waals surface area contributed by atoms with Crippen molar-refractivity contribution in [1.29, 1.82) is 0 Å². The van der Waals surface area contributed by atoms with Gasteiger partial charge in [0, 0.05) is 0 Å².